The van der Waals surface area contributed by atoms with E-state index in [1.807, 2.05) is 22.6 Å². The minimum atomic E-state index is -0.937. The quantitative estimate of drug-likeness (QED) is 0.609. The van der Waals surface area contributed by atoms with Crippen LogP contribution < -0.4 is 5.32 Å². The summed E-state index contributed by atoms with van der Waals surface area (Å²) in [5.41, 5.74) is -0.566. The van der Waals surface area contributed by atoms with E-state index in [0.717, 1.165) is 0 Å². The molecule has 0 heterocycles. The first kappa shape index (κ1) is 14.5. The topological polar surface area (TPSA) is 75.6 Å². The van der Waals surface area contributed by atoms with Crippen LogP contribution in [0.1, 0.15) is 27.2 Å². The molecule has 0 aromatic heterocycles. The van der Waals surface area contributed by atoms with Crippen molar-refractivity contribution in [3.8, 4) is 0 Å². The van der Waals surface area contributed by atoms with E-state index in [1.54, 1.807) is 20.8 Å². The maximum atomic E-state index is 11.3. The Morgan fingerprint density at radius 1 is 1.47 bits per heavy atom. The van der Waals surface area contributed by atoms with Gasteiger partial charge in [-0.15, -0.1) is 0 Å². The maximum Gasteiger partial charge on any atom is 0.407 e. The fourth-order valence-corrected chi connectivity index (χ4v) is 1.36. The van der Waals surface area contributed by atoms with E-state index in [1.165, 1.54) is 0 Å². The molecule has 0 saturated carbocycles. The van der Waals surface area contributed by atoms with Crippen molar-refractivity contribution in [1.82, 2.24) is 5.32 Å². The van der Waals surface area contributed by atoms with E-state index in [9.17, 15) is 9.59 Å². The van der Waals surface area contributed by atoms with Gasteiger partial charge in [0.2, 0.25) is 0 Å². The maximum absolute atomic E-state index is 11.3. The SMILES string of the molecule is CC(C)(C)OC(=O)N[C@@H](CI)CC(=O)O. The molecular weight excluding hydrogens is 313 g/mol. The van der Waals surface area contributed by atoms with Gasteiger partial charge in [0.1, 0.15) is 5.60 Å². The lowest BCUT2D eigenvalue weighted by Gasteiger charge is -2.22. The Bertz CT molecular complexity index is 237. The fraction of sp³-hybridized carbons (Fsp3) is 0.778. The van der Waals surface area contributed by atoms with E-state index in [-0.39, 0.29) is 6.42 Å². The number of amides is 1. The zero-order valence-corrected chi connectivity index (χ0v) is 11.2. The highest BCUT2D eigenvalue weighted by Gasteiger charge is 2.20. The van der Waals surface area contributed by atoms with Gasteiger partial charge in [0.25, 0.3) is 0 Å². The van der Waals surface area contributed by atoms with Crippen molar-refractivity contribution >= 4 is 34.7 Å². The summed E-state index contributed by atoms with van der Waals surface area (Å²) in [5.74, 6) is -0.937. The van der Waals surface area contributed by atoms with Crippen LogP contribution in [0.4, 0.5) is 4.79 Å². The molecule has 0 saturated heterocycles. The second kappa shape index (κ2) is 6.14. The number of aliphatic carboxylic acids is 1. The third-order valence-electron chi connectivity index (χ3n) is 1.33. The van der Waals surface area contributed by atoms with Crippen LogP contribution >= 0.6 is 22.6 Å². The zero-order chi connectivity index (χ0) is 12.1. The molecule has 0 aliphatic heterocycles. The number of alkyl carbamates (subject to hydrolysis) is 1. The number of halogens is 1. The van der Waals surface area contributed by atoms with E-state index < -0.39 is 23.7 Å². The van der Waals surface area contributed by atoms with Crippen LogP contribution in [0.2, 0.25) is 0 Å². The van der Waals surface area contributed by atoms with Gasteiger partial charge in [0.15, 0.2) is 0 Å². The van der Waals surface area contributed by atoms with Gasteiger partial charge in [-0.1, -0.05) is 22.6 Å². The molecule has 0 rings (SSSR count). The number of carbonyl (C=O) groups is 2. The molecule has 0 bridgehead atoms. The molecule has 0 radical (unpaired) electrons. The summed E-state index contributed by atoms with van der Waals surface area (Å²) in [6.45, 7) is 5.26. The van der Waals surface area contributed by atoms with Crippen molar-refractivity contribution in [2.24, 2.45) is 0 Å². The summed E-state index contributed by atoms with van der Waals surface area (Å²) in [4.78, 5) is 21.7. The standard InChI is InChI=1S/C9H16INO4/c1-9(2,3)15-8(14)11-6(5-10)4-7(12)13/h6H,4-5H2,1-3H3,(H,11,14)(H,12,13)/t6-/m1/s1. The molecule has 0 spiro atoms. The number of ether oxygens (including phenoxy) is 1. The van der Waals surface area contributed by atoms with E-state index in [2.05, 4.69) is 5.32 Å². The van der Waals surface area contributed by atoms with Crippen molar-refractivity contribution in [2.75, 3.05) is 4.43 Å². The van der Waals surface area contributed by atoms with Crippen LogP contribution in [0, 0.1) is 0 Å². The minimum Gasteiger partial charge on any atom is -0.481 e. The molecule has 1 atom stereocenters. The lowest BCUT2D eigenvalue weighted by atomic mass is 10.2. The number of carbonyl (C=O) groups excluding carboxylic acids is 1. The summed E-state index contributed by atoms with van der Waals surface area (Å²) in [6.07, 6.45) is -0.673. The van der Waals surface area contributed by atoms with E-state index in [0.29, 0.717) is 4.43 Å². The Morgan fingerprint density at radius 2 is 2.00 bits per heavy atom. The van der Waals surface area contributed by atoms with Crippen LogP contribution in [0.15, 0.2) is 0 Å². The molecule has 15 heavy (non-hydrogen) atoms. The molecular formula is C9H16INO4. The van der Waals surface area contributed by atoms with Crippen molar-refractivity contribution in [2.45, 2.75) is 38.8 Å². The third kappa shape index (κ3) is 8.46. The molecule has 6 heteroatoms. The summed E-state index contributed by atoms with van der Waals surface area (Å²) in [6, 6.07) is -0.391. The first-order valence-electron chi connectivity index (χ1n) is 4.52. The minimum absolute atomic E-state index is 0.0951. The molecule has 0 aliphatic carbocycles. The molecule has 1 amide bonds. The Kier molecular flexibility index (Phi) is 5.92. The number of hydrogen-bond acceptors (Lipinski definition) is 3. The number of carboxylic acids is 1. The number of rotatable bonds is 4. The number of nitrogens with one attached hydrogen (secondary N) is 1. The highest BCUT2D eigenvalue weighted by Crippen LogP contribution is 2.07. The summed E-state index contributed by atoms with van der Waals surface area (Å²) >= 11 is 2.02. The zero-order valence-electron chi connectivity index (χ0n) is 9.04. The predicted octanol–water partition coefficient (Wildman–Crippen LogP) is 1.79. The second-order valence-corrected chi connectivity index (χ2v) is 4.98. The van der Waals surface area contributed by atoms with Gasteiger partial charge in [-0.2, -0.15) is 0 Å². The first-order valence-corrected chi connectivity index (χ1v) is 6.04. The normalized spacial score (nSPS) is 13.1. The summed E-state index contributed by atoms with van der Waals surface area (Å²) in [7, 11) is 0. The number of alkyl halides is 1. The van der Waals surface area contributed by atoms with Crippen molar-refractivity contribution < 1.29 is 19.4 Å². The Labute approximate surface area is 103 Å². The van der Waals surface area contributed by atoms with E-state index in [4.69, 9.17) is 9.84 Å². The Balaban J connectivity index is 4.07. The lowest BCUT2D eigenvalue weighted by Crippen LogP contribution is -2.41. The van der Waals surface area contributed by atoms with Crippen molar-refractivity contribution in [3.63, 3.8) is 0 Å². The molecule has 0 fully saturated rings. The van der Waals surface area contributed by atoms with Gasteiger partial charge in [0, 0.05) is 4.43 Å². The largest absolute Gasteiger partial charge is 0.481 e. The highest BCUT2D eigenvalue weighted by molar-refractivity contribution is 14.1. The lowest BCUT2D eigenvalue weighted by molar-refractivity contribution is -0.137. The smallest absolute Gasteiger partial charge is 0.407 e. The summed E-state index contributed by atoms with van der Waals surface area (Å²) < 4.78 is 5.54. The van der Waals surface area contributed by atoms with E-state index >= 15 is 0 Å². The predicted molar refractivity (Wildman–Crippen MR) is 64.3 cm³/mol. The highest BCUT2D eigenvalue weighted by atomic mass is 127. The van der Waals surface area contributed by atoms with Gasteiger partial charge < -0.3 is 15.2 Å². The average molecular weight is 329 g/mol. The van der Waals surface area contributed by atoms with Crippen LogP contribution in [0.25, 0.3) is 0 Å². The molecule has 0 aromatic carbocycles. The third-order valence-corrected chi connectivity index (χ3v) is 2.39. The monoisotopic (exact) mass is 329 g/mol. The first-order chi connectivity index (χ1) is 6.74. The molecule has 2 N–H and O–H groups in total. The van der Waals surface area contributed by atoms with Gasteiger partial charge in [0.05, 0.1) is 12.5 Å². The number of hydrogen-bond donors (Lipinski definition) is 2. The van der Waals surface area contributed by atoms with Crippen molar-refractivity contribution in [1.29, 1.82) is 0 Å². The van der Waals surface area contributed by atoms with Gasteiger partial charge in [-0.3, -0.25) is 4.79 Å². The molecule has 0 unspecified atom stereocenters. The van der Waals surface area contributed by atoms with Crippen LogP contribution in [0.5, 0.6) is 0 Å². The van der Waals surface area contributed by atoms with Crippen LogP contribution in [0.3, 0.4) is 0 Å². The molecule has 0 aliphatic rings. The fourth-order valence-electron chi connectivity index (χ4n) is 0.829. The van der Waals surface area contributed by atoms with Gasteiger partial charge in [-0.25, -0.2) is 4.79 Å². The number of carboxylic acid groups (broad SMARTS) is 1. The Morgan fingerprint density at radius 3 is 2.33 bits per heavy atom. The second-order valence-electron chi connectivity index (χ2n) is 4.10. The average Bonchev–Trinajstić information content (AvgIpc) is 1.98. The summed E-state index contributed by atoms with van der Waals surface area (Å²) in [5, 5.41) is 11.1. The van der Waals surface area contributed by atoms with Crippen LogP contribution in [-0.2, 0) is 9.53 Å². The van der Waals surface area contributed by atoms with Gasteiger partial charge in [-0.05, 0) is 20.8 Å². The molecule has 0 aromatic rings. The van der Waals surface area contributed by atoms with Gasteiger partial charge >= 0.3 is 12.1 Å². The Hall–Kier alpha value is -0.530. The molecule has 5 nitrogen and oxygen atoms in total. The van der Waals surface area contributed by atoms with Crippen molar-refractivity contribution in [3.05, 3.63) is 0 Å². The molecule has 88 valence electrons. The van der Waals surface area contributed by atoms with Crippen LogP contribution in [-0.4, -0.2) is 33.2 Å².